The zero-order chi connectivity index (χ0) is 28.5. The number of benzene rings is 3. The van der Waals surface area contributed by atoms with Crippen LogP contribution in [-0.2, 0) is 6.18 Å². The molecule has 13 heteroatoms. The molecule has 4 rings (SSSR count). The lowest BCUT2D eigenvalue weighted by atomic mass is 10.2. The monoisotopic (exact) mass is 574 g/mol. The number of ether oxygens (including phenoxy) is 1. The van der Waals surface area contributed by atoms with Gasteiger partial charge in [0.25, 0.3) is 0 Å². The number of urea groups is 1. The van der Waals surface area contributed by atoms with Gasteiger partial charge in [0.15, 0.2) is 0 Å². The highest BCUT2D eigenvalue weighted by Gasteiger charge is 2.33. The van der Waals surface area contributed by atoms with Crippen LogP contribution in [0.2, 0.25) is 5.02 Å². The zero-order valence-corrected chi connectivity index (χ0v) is 21.8. The SMILES string of the molecule is O=C(Nc1cccc(Nc2ncnc3cc(OCCCNCCO)ccc23)c1)Nc1ccc(Cl)c(C(F)(F)F)c1. The number of aliphatic hydroxyl groups excluding tert-OH is 1. The third-order valence-corrected chi connectivity index (χ3v) is 5.91. The summed E-state index contributed by atoms with van der Waals surface area (Å²) in [6.45, 7) is 1.89. The molecule has 2 amide bonds. The van der Waals surface area contributed by atoms with Crippen LogP contribution in [0, 0.1) is 0 Å². The summed E-state index contributed by atoms with van der Waals surface area (Å²) in [5, 5.41) is 20.3. The molecular formula is C27H26ClF3N6O3. The first-order chi connectivity index (χ1) is 19.2. The third-order valence-electron chi connectivity index (χ3n) is 5.58. The minimum absolute atomic E-state index is 0.0577. The average molecular weight is 575 g/mol. The quantitative estimate of drug-likeness (QED) is 0.138. The first-order valence-electron chi connectivity index (χ1n) is 12.2. The molecule has 40 heavy (non-hydrogen) atoms. The van der Waals surface area contributed by atoms with Gasteiger partial charge in [-0.2, -0.15) is 13.2 Å². The van der Waals surface area contributed by atoms with Crippen molar-refractivity contribution in [1.82, 2.24) is 15.3 Å². The third kappa shape index (κ3) is 7.94. The number of nitrogens with one attached hydrogen (secondary N) is 4. The molecule has 0 saturated carbocycles. The Balaban J connectivity index is 1.39. The molecule has 4 aromatic rings. The number of carbonyl (C=O) groups is 1. The number of nitrogens with zero attached hydrogens (tertiary/aromatic N) is 2. The smallest absolute Gasteiger partial charge is 0.417 e. The predicted molar refractivity (Wildman–Crippen MR) is 148 cm³/mol. The van der Waals surface area contributed by atoms with Gasteiger partial charge in [-0.05, 0) is 61.5 Å². The molecule has 5 N–H and O–H groups in total. The Morgan fingerprint density at radius 3 is 2.50 bits per heavy atom. The molecule has 210 valence electrons. The minimum Gasteiger partial charge on any atom is -0.493 e. The Morgan fingerprint density at radius 1 is 0.950 bits per heavy atom. The van der Waals surface area contributed by atoms with Gasteiger partial charge in [-0.3, -0.25) is 0 Å². The number of hydrogen-bond acceptors (Lipinski definition) is 7. The Kier molecular flexibility index (Phi) is 9.59. The number of fused-ring (bicyclic) bond motifs is 1. The average Bonchev–Trinajstić information content (AvgIpc) is 2.91. The topological polar surface area (TPSA) is 120 Å². The maximum absolute atomic E-state index is 13.1. The molecule has 0 aliphatic carbocycles. The van der Waals surface area contributed by atoms with Crippen molar-refractivity contribution in [2.45, 2.75) is 12.6 Å². The van der Waals surface area contributed by atoms with Crippen molar-refractivity contribution in [2.75, 3.05) is 42.3 Å². The van der Waals surface area contributed by atoms with Crippen LogP contribution < -0.4 is 26.0 Å². The Labute approximate surface area is 232 Å². The first-order valence-corrected chi connectivity index (χ1v) is 12.6. The van der Waals surface area contributed by atoms with Crippen LogP contribution in [-0.4, -0.2) is 47.4 Å². The number of aromatic nitrogens is 2. The zero-order valence-electron chi connectivity index (χ0n) is 21.1. The molecule has 1 aromatic heterocycles. The maximum atomic E-state index is 13.1. The van der Waals surface area contributed by atoms with Gasteiger partial charge >= 0.3 is 12.2 Å². The summed E-state index contributed by atoms with van der Waals surface area (Å²) >= 11 is 5.64. The summed E-state index contributed by atoms with van der Waals surface area (Å²) in [4.78, 5) is 21.1. The van der Waals surface area contributed by atoms with E-state index >= 15 is 0 Å². The summed E-state index contributed by atoms with van der Waals surface area (Å²) in [5.74, 6) is 1.20. The van der Waals surface area contributed by atoms with Crippen LogP contribution in [0.25, 0.3) is 10.9 Å². The van der Waals surface area contributed by atoms with E-state index in [0.29, 0.717) is 41.6 Å². The summed E-state index contributed by atoms with van der Waals surface area (Å²) in [6.07, 6.45) is -2.45. The summed E-state index contributed by atoms with van der Waals surface area (Å²) in [7, 11) is 0. The van der Waals surface area contributed by atoms with Gasteiger partial charge in [0.2, 0.25) is 0 Å². The maximum Gasteiger partial charge on any atom is 0.417 e. The lowest BCUT2D eigenvalue weighted by Crippen LogP contribution is -2.20. The van der Waals surface area contributed by atoms with E-state index in [1.807, 2.05) is 18.2 Å². The van der Waals surface area contributed by atoms with Gasteiger partial charge in [0.1, 0.15) is 17.9 Å². The predicted octanol–water partition coefficient (Wildman–Crippen LogP) is 6.04. The number of anilines is 4. The largest absolute Gasteiger partial charge is 0.493 e. The molecule has 0 spiro atoms. The lowest BCUT2D eigenvalue weighted by molar-refractivity contribution is -0.137. The molecule has 0 unspecified atom stereocenters. The van der Waals surface area contributed by atoms with Gasteiger partial charge in [0, 0.05) is 35.1 Å². The molecular weight excluding hydrogens is 549 g/mol. The van der Waals surface area contributed by atoms with E-state index in [0.717, 1.165) is 30.5 Å². The molecule has 1 heterocycles. The fraction of sp³-hybridized carbons (Fsp3) is 0.222. The second-order valence-corrected chi connectivity index (χ2v) is 8.96. The van der Waals surface area contributed by atoms with Gasteiger partial charge in [-0.1, -0.05) is 17.7 Å². The van der Waals surface area contributed by atoms with E-state index in [1.54, 1.807) is 24.3 Å². The van der Waals surface area contributed by atoms with Gasteiger partial charge in [0.05, 0.1) is 29.3 Å². The highest BCUT2D eigenvalue weighted by Crippen LogP contribution is 2.36. The molecule has 0 atom stereocenters. The van der Waals surface area contributed by atoms with Crippen molar-refractivity contribution >= 4 is 51.4 Å². The minimum atomic E-state index is -4.65. The number of carbonyl (C=O) groups excluding carboxylic acids is 1. The van der Waals surface area contributed by atoms with E-state index in [1.165, 1.54) is 12.4 Å². The van der Waals surface area contributed by atoms with Crippen LogP contribution in [0.4, 0.5) is 40.8 Å². The van der Waals surface area contributed by atoms with Crippen molar-refractivity contribution < 1.29 is 27.8 Å². The van der Waals surface area contributed by atoms with Gasteiger partial charge in [-0.15, -0.1) is 0 Å². The highest BCUT2D eigenvalue weighted by molar-refractivity contribution is 6.31. The number of aliphatic hydroxyl groups is 1. The normalized spacial score (nSPS) is 11.3. The Morgan fingerprint density at radius 2 is 1.73 bits per heavy atom. The summed E-state index contributed by atoms with van der Waals surface area (Å²) in [6, 6.07) is 14.6. The van der Waals surface area contributed by atoms with E-state index in [2.05, 4.69) is 31.2 Å². The van der Waals surface area contributed by atoms with E-state index in [4.69, 9.17) is 21.4 Å². The van der Waals surface area contributed by atoms with E-state index < -0.39 is 22.8 Å². The fourth-order valence-corrected chi connectivity index (χ4v) is 3.97. The van der Waals surface area contributed by atoms with E-state index in [-0.39, 0.29) is 12.3 Å². The van der Waals surface area contributed by atoms with Crippen molar-refractivity contribution in [3.8, 4) is 5.75 Å². The summed E-state index contributed by atoms with van der Waals surface area (Å²) < 4.78 is 45.1. The van der Waals surface area contributed by atoms with Crippen LogP contribution in [0.15, 0.2) is 67.0 Å². The number of amides is 2. The molecule has 0 aliphatic rings. The van der Waals surface area contributed by atoms with Crippen LogP contribution in [0.5, 0.6) is 5.75 Å². The molecule has 0 saturated heterocycles. The van der Waals surface area contributed by atoms with Crippen molar-refractivity contribution in [1.29, 1.82) is 0 Å². The molecule has 3 aromatic carbocycles. The molecule has 0 radical (unpaired) electrons. The summed E-state index contributed by atoms with van der Waals surface area (Å²) in [5.41, 5.74) is 0.579. The number of alkyl halides is 3. The molecule has 0 aliphatic heterocycles. The standard InChI is InChI=1S/C27H26ClF3N6O3/c28-23-8-5-19(14-22(23)27(29,30)31)37-26(39)36-18-4-1-3-17(13-18)35-25-21-7-6-20(15-24(21)33-16-34-25)40-12-2-9-32-10-11-38/h1,3-8,13-16,32,38H,2,9-12H2,(H,33,34,35)(H2,36,37,39). The second kappa shape index (κ2) is 13.3. The van der Waals surface area contributed by atoms with Crippen LogP contribution in [0.1, 0.15) is 12.0 Å². The highest BCUT2D eigenvalue weighted by atomic mass is 35.5. The lowest BCUT2D eigenvalue weighted by Gasteiger charge is -2.13. The number of hydrogen-bond donors (Lipinski definition) is 5. The van der Waals surface area contributed by atoms with Crippen LogP contribution >= 0.6 is 11.6 Å². The Bertz CT molecular complexity index is 1470. The molecule has 0 fully saturated rings. The first kappa shape index (κ1) is 28.9. The molecule has 0 bridgehead atoms. The van der Waals surface area contributed by atoms with E-state index in [9.17, 15) is 18.0 Å². The molecule has 9 nitrogen and oxygen atoms in total. The number of halogens is 4. The van der Waals surface area contributed by atoms with Crippen LogP contribution in [0.3, 0.4) is 0 Å². The Hall–Kier alpha value is -4.13. The number of rotatable bonds is 11. The van der Waals surface area contributed by atoms with Gasteiger partial charge in [-0.25, -0.2) is 14.8 Å². The second-order valence-electron chi connectivity index (χ2n) is 8.55. The van der Waals surface area contributed by atoms with Crippen molar-refractivity contribution in [3.63, 3.8) is 0 Å². The van der Waals surface area contributed by atoms with Crippen molar-refractivity contribution in [3.05, 3.63) is 77.6 Å². The fourth-order valence-electron chi connectivity index (χ4n) is 3.74. The van der Waals surface area contributed by atoms with Gasteiger partial charge < -0.3 is 31.1 Å². The van der Waals surface area contributed by atoms with Crippen molar-refractivity contribution in [2.24, 2.45) is 0 Å².